The first-order valence-electron chi connectivity index (χ1n) is 8.87. The van der Waals surface area contributed by atoms with Crippen molar-refractivity contribution in [3.8, 4) is 11.5 Å². The van der Waals surface area contributed by atoms with Crippen LogP contribution in [0, 0.1) is 0 Å². The van der Waals surface area contributed by atoms with Crippen LogP contribution in [0.4, 0.5) is 5.69 Å². The quantitative estimate of drug-likeness (QED) is 0.656. The smallest absolute Gasteiger partial charge is 0.251 e. The number of hydrogen-bond acceptors (Lipinski definition) is 6. The summed E-state index contributed by atoms with van der Waals surface area (Å²) in [5, 5.41) is 17.5. The Balaban J connectivity index is 1.50. The Morgan fingerprint density at radius 1 is 1.11 bits per heavy atom. The van der Waals surface area contributed by atoms with Gasteiger partial charge in [-0.3, -0.25) is 9.59 Å². The second-order valence-electron chi connectivity index (χ2n) is 7.34. The van der Waals surface area contributed by atoms with Crippen molar-refractivity contribution in [2.45, 2.75) is 39.2 Å². The highest BCUT2D eigenvalue weighted by molar-refractivity contribution is 7.08. The van der Waals surface area contributed by atoms with E-state index in [4.69, 9.17) is 4.42 Å². The lowest BCUT2D eigenvalue weighted by molar-refractivity contribution is -0.116. The third kappa shape index (κ3) is 5.50. The van der Waals surface area contributed by atoms with Crippen LogP contribution in [-0.4, -0.2) is 27.6 Å². The maximum atomic E-state index is 12.1. The van der Waals surface area contributed by atoms with Gasteiger partial charge in [0.25, 0.3) is 5.91 Å². The van der Waals surface area contributed by atoms with Gasteiger partial charge in [0.05, 0.1) is 0 Å². The van der Waals surface area contributed by atoms with Crippen molar-refractivity contribution < 1.29 is 14.0 Å². The molecule has 146 valence electrons. The summed E-state index contributed by atoms with van der Waals surface area (Å²) in [5.41, 5.74) is 1.74. The summed E-state index contributed by atoms with van der Waals surface area (Å²) in [7, 11) is 0. The van der Waals surface area contributed by atoms with Gasteiger partial charge in [0.2, 0.25) is 17.7 Å². The van der Waals surface area contributed by atoms with E-state index in [1.807, 2.05) is 37.6 Å². The number of nitrogens with one attached hydrogen (secondary N) is 2. The van der Waals surface area contributed by atoms with Gasteiger partial charge in [0, 0.05) is 40.6 Å². The van der Waals surface area contributed by atoms with E-state index in [-0.39, 0.29) is 23.8 Å². The molecule has 28 heavy (non-hydrogen) atoms. The molecular weight excluding hydrogens is 376 g/mol. The summed E-state index contributed by atoms with van der Waals surface area (Å²) in [4.78, 5) is 24.3. The van der Waals surface area contributed by atoms with Gasteiger partial charge < -0.3 is 15.1 Å². The van der Waals surface area contributed by atoms with Crippen molar-refractivity contribution in [3.63, 3.8) is 0 Å². The Labute approximate surface area is 167 Å². The van der Waals surface area contributed by atoms with Crippen LogP contribution in [0.25, 0.3) is 11.5 Å². The van der Waals surface area contributed by atoms with E-state index < -0.39 is 0 Å². The number of nitrogens with zero attached hydrogens (tertiary/aromatic N) is 2. The second kappa shape index (κ2) is 8.35. The molecule has 0 radical (unpaired) electrons. The zero-order valence-corrected chi connectivity index (χ0v) is 16.8. The number of benzene rings is 1. The second-order valence-corrected chi connectivity index (χ2v) is 8.12. The van der Waals surface area contributed by atoms with Gasteiger partial charge in [-0.05, 0) is 56.5 Å². The number of thiophene rings is 1. The van der Waals surface area contributed by atoms with Crippen molar-refractivity contribution in [2.24, 2.45) is 0 Å². The number of carbonyl (C=O) groups is 2. The van der Waals surface area contributed by atoms with Crippen LogP contribution < -0.4 is 10.6 Å². The molecule has 0 spiro atoms. The molecule has 3 aromatic rings. The number of carbonyl (C=O) groups excluding carboxylic acids is 2. The summed E-state index contributed by atoms with van der Waals surface area (Å²) in [6.45, 7) is 5.77. The topological polar surface area (TPSA) is 97.1 Å². The number of hydrogen-bond donors (Lipinski definition) is 2. The largest absolute Gasteiger partial charge is 0.421 e. The first-order valence-corrected chi connectivity index (χ1v) is 9.82. The van der Waals surface area contributed by atoms with Gasteiger partial charge in [-0.1, -0.05) is 0 Å². The minimum atomic E-state index is -0.304. The molecule has 0 atom stereocenters. The highest BCUT2D eigenvalue weighted by Crippen LogP contribution is 2.21. The first-order chi connectivity index (χ1) is 13.3. The summed E-state index contributed by atoms with van der Waals surface area (Å²) in [6.07, 6.45) is 0.576. The number of anilines is 1. The lowest BCUT2D eigenvalue weighted by atomic mass is 10.1. The zero-order chi connectivity index (χ0) is 20.1. The Kier molecular flexibility index (Phi) is 5.89. The van der Waals surface area contributed by atoms with Crippen molar-refractivity contribution in [2.75, 3.05) is 5.32 Å². The minimum Gasteiger partial charge on any atom is -0.421 e. The van der Waals surface area contributed by atoms with Crippen LogP contribution in [0.1, 0.15) is 43.4 Å². The van der Waals surface area contributed by atoms with Crippen molar-refractivity contribution in [1.82, 2.24) is 15.5 Å². The van der Waals surface area contributed by atoms with Crippen LogP contribution in [0.2, 0.25) is 0 Å². The molecule has 8 heteroatoms. The fourth-order valence-electron chi connectivity index (χ4n) is 2.42. The minimum absolute atomic E-state index is 0.150. The lowest BCUT2D eigenvalue weighted by Crippen LogP contribution is -2.40. The molecule has 0 bridgehead atoms. The third-order valence-corrected chi connectivity index (χ3v) is 4.40. The molecule has 2 heterocycles. The van der Waals surface area contributed by atoms with Crippen molar-refractivity contribution in [3.05, 3.63) is 52.5 Å². The van der Waals surface area contributed by atoms with Crippen LogP contribution in [0.3, 0.4) is 0 Å². The molecule has 0 aliphatic heterocycles. The van der Waals surface area contributed by atoms with E-state index >= 15 is 0 Å². The molecule has 0 unspecified atom stereocenters. The van der Waals surface area contributed by atoms with Crippen molar-refractivity contribution in [1.29, 1.82) is 0 Å². The van der Waals surface area contributed by atoms with E-state index in [9.17, 15) is 9.59 Å². The molecule has 2 N–H and O–H groups in total. The number of aromatic nitrogens is 2. The monoisotopic (exact) mass is 398 g/mol. The molecule has 3 rings (SSSR count). The van der Waals surface area contributed by atoms with E-state index in [0.717, 1.165) is 5.56 Å². The van der Waals surface area contributed by atoms with Crippen LogP contribution in [0.5, 0.6) is 0 Å². The summed E-state index contributed by atoms with van der Waals surface area (Å²) in [5.74, 6) is 0.566. The molecule has 0 saturated heterocycles. The highest BCUT2D eigenvalue weighted by atomic mass is 32.1. The van der Waals surface area contributed by atoms with Crippen LogP contribution in [0.15, 0.2) is 45.5 Å². The number of aryl methyl sites for hydroxylation is 1. The van der Waals surface area contributed by atoms with Gasteiger partial charge in [0.15, 0.2) is 0 Å². The molecule has 0 aliphatic rings. The lowest BCUT2D eigenvalue weighted by Gasteiger charge is -2.20. The maximum Gasteiger partial charge on any atom is 0.251 e. The fourth-order valence-corrected chi connectivity index (χ4v) is 3.05. The number of amides is 2. The van der Waals surface area contributed by atoms with Gasteiger partial charge in [-0.2, -0.15) is 11.3 Å². The summed E-state index contributed by atoms with van der Waals surface area (Å²) < 4.78 is 5.57. The predicted molar refractivity (Wildman–Crippen MR) is 108 cm³/mol. The number of rotatable bonds is 6. The zero-order valence-electron chi connectivity index (χ0n) is 16.0. The molecule has 7 nitrogen and oxygen atoms in total. The molecule has 2 amide bonds. The normalized spacial score (nSPS) is 11.2. The molecule has 0 fully saturated rings. The van der Waals surface area contributed by atoms with Gasteiger partial charge in [0.1, 0.15) is 0 Å². The first kappa shape index (κ1) is 19.8. The van der Waals surface area contributed by atoms with Gasteiger partial charge in [-0.25, -0.2) is 0 Å². The van der Waals surface area contributed by atoms with Gasteiger partial charge in [-0.15, -0.1) is 10.2 Å². The van der Waals surface area contributed by atoms with E-state index in [2.05, 4.69) is 20.8 Å². The Morgan fingerprint density at radius 3 is 2.50 bits per heavy atom. The van der Waals surface area contributed by atoms with E-state index in [0.29, 0.717) is 29.5 Å². The SMILES string of the molecule is CC(C)(C)NC(=O)c1ccc(NC(=O)CCc2nnc(-c3ccsc3)o2)cc1. The van der Waals surface area contributed by atoms with Crippen LogP contribution >= 0.6 is 11.3 Å². The van der Waals surface area contributed by atoms with Crippen LogP contribution in [-0.2, 0) is 11.2 Å². The fraction of sp³-hybridized carbons (Fsp3) is 0.300. The van der Waals surface area contributed by atoms with Gasteiger partial charge >= 0.3 is 0 Å². The van der Waals surface area contributed by atoms with Crippen molar-refractivity contribution >= 4 is 28.8 Å². The standard InChI is InChI=1S/C20H22N4O3S/c1-20(2,3)22-18(26)13-4-6-15(7-5-13)21-16(25)8-9-17-23-24-19(27-17)14-10-11-28-12-14/h4-7,10-12H,8-9H2,1-3H3,(H,21,25)(H,22,26). The molecule has 0 aliphatic carbocycles. The summed E-state index contributed by atoms with van der Waals surface area (Å²) in [6, 6.07) is 8.68. The Bertz CT molecular complexity index is 941. The Hall–Kier alpha value is -3.00. The summed E-state index contributed by atoms with van der Waals surface area (Å²) >= 11 is 1.55. The third-order valence-electron chi connectivity index (χ3n) is 3.72. The molecular formula is C20H22N4O3S. The average molecular weight is 398 g/mol. The maximum absolute atomic E-state index is 12.1. The average Bonchev–Trinajstić information content (AvgIpc) is 3.30. The highest BCUT2D eigenvalue weighted by Gasteiger charge is 2.15. The molecule has 1 aromatic carbocycles. The predicted octanol–water partition coefficient (Wildman–Crippen LogP) is 3.90. The molecule has 2 aromatic heterocycles. The molecule has 0 saturated carbocycles. The van der Waals surface area contributed by atoms with E-state index in [1.165, 1.54) is 0 Å². The Morgan fingerprint density at radius 2 is 1.86 bits per heavy atom. The van der Waals surface area contributed by atoms with E-state index in [1.54, 1.807) is 35.6 Å².